The van der Waals surface area contributed by atoms with Gasteiger partial charge in [0.05, 0.1) is 16.8 Å². The van der Waals surface area contributed by atoms with Gasteiger partial charge in [0.15, 0.2) is 0 Å². The van der Waals surface area contributed by atoms with Crippen LogP contribution in [0.5, 0.6) is 0 Å². The summed E-state index contributed by atoms with van der Waals surface area (Å²) in [4.78, 5) is 33.2. The van der Waals surface area contributed by atoms with Crippen molar-refractivity contribution in [3.8, 4) is 5.69 Å². The van der Waals surface area contributed by atoms with E-state index in [9.17, 15) is 22.8 Å². The predicted molar refractivity (Wildman–Crippen MR) is 119 cm³/mol. The van der Waals surface area contributed by atoms with Crippen molar-refractivity contribution in [1.82, 2.24) is 24.6 Å². The topological polar surface area (TPSA) is 71.3 Å². The summed E-state index contributed by atoms with van der Waals surface area (Å²) in [6, 6.07) is 11.3. The summed E-state index contributed by atoms with van der Waals surface area (Å²) in [5.41, 5.74) is -1.08. The van der Waals surface area contributed by atoms with Crippen LogP contribution in [0.25, 0.3) is 5.69 Å². The first-order valence-corrected chi connectivity index (χ1v) is 10.8. The van der Waals surface area contributed by atoms with Gasteiger partial charge in [-0.15, -0.1) is 5.10 Å². The molecule has 0 spiro atoms. The van der Waals surface area contributed by atoms with Crippen molar-refractivity contribution in [2.24, 2.45) is 0 Å². The molecule has 0 unspecified atom stereocenters. The summed E-state index contributed by atoms with van der Waals surface area (Å²) < 4.78 is 40.6. The minimum atomic E-state index is -4.54. The van der Waals surface area contributed by atoms with E-state index in [1.165, 1.54) is 28.0 Å². The molecule has 1 fully saturated rings. The Labute approximate surface area is 198 Å². The summed E-state index contributed by atoms with van der Waals surface area (Å²) in [5.74, 6) is -0.933. The lowest BCUT2D eigenvalue weighted by molar-refractivity contribution is -0.137. The van der Waals surface area contributed by atoms with E-state index in [0.717, 1.165) is 12.1 Å². The van der Waals surface area contributed by atoms with E-state index in [1.54, 1.807) is 43.0 Å². The van der Waals surface area contributed by atoms with Gasteiger partial charge in [0.1, 0.15) is 6.33 Å². The third-order valence-electron chi connectivity index (χ3n) is 5.63. The molecular weight excluding hydrogens is 471 g/mol. The van der Waals surface area contributed by atoms with Crippen molar-refractivity contribution in [3.05, 3.63) is 76.8 Å². The standard InChI is InChI=1S/C23H21ClF3N5O2/c1-22(2)13-30(20(33)15-5-3-6-16(11-15)23(25,26)27)9-10-31(22)21(34)19-28-14-32(29-19)18-8-4-7-17(24)12-18/h3-8,11-12,14H,9-10,13H2,1-2H3. The maximum absolute atomic E-state index is 13.2. The maximum atomic E-state index is 13.2. The Hall–Kier alpha value is -3.40. The van der Waals surface area contributed by atoms with E-state index in [0.29, 0.717) is 10.7 Å². The van der Waals surface area contributed by atoms with E-state index in [-0.39, 0.29) is 31.0 Å². The van der Waals surface area contributed by atoms with E-state index in [1.807, 2.05) is 0 Å². The number of rotatable bonds is 3. The number of alkyl halides is 3. The molecule has 178 valence electrons. The Morgan fingerprint density at radius 3 is 2.44 bits per heavy atom. The second-order valence-electron chi connectivity index (χ2n) is 8.57. The van der Waals surface area contributed by atoms with Gasteiger partial charge in [0.2, 0.25) is 5.82 Å². The molecule has 0 bridgehead atoms. The predicted octanol–water partition coefficient (Wildman–Crippen LogP) is 4.32. The Morgan fingerprint density at radius 2 is 1.76 bits per heavy atom. The highest BCUT2D eigenvalue weighted by Gasteiger charge is 2.40. The summed E-state index contributed by atoms with van der Waals surface area (Å²) in [5, 5.41) is 4.78. The van der Waals surface area contributed by atoms with Gasteiger partial charge in [-0.3, -0.25) is 9.59 Å². The third kappa shape index (κ3) is 4.77. The fraction of sp³-hybridized carbons (Fsp3) is 0.304. The average molecular weight is 492 g/mol. The number of halogens is 4. The summed E-state index contributed by atoms with van der Waals surface area (Å²) in [7, 11) is 0. The lowest BCUT2D eigenvalue weighted by Crippen LogP contribution is -2.62. The number of carbonyl (C=O) groups excluding carboxylic acids is 2. The SMILES string of the molecule is CC1(C)CN(C(=O)c2cccc(C(F)(F)F)c2)CCN1C(=O)c1ncn(-c2cccc(Cl)c2)n1. The molecule has 11 heteroatoms. The number of benzene rings is 2. The summed E-state index contributed by atoms with van der Waals surface area (Å²) >= 11 is 6.01. The number of hydrogen-bond acceptors (Lipinski definition) is 4. The number of nitrogens with zero attached hydrogens (tertiary/aromatic N) is 5. The number of aromatic nitrogens is 3. The number of piperazine rings is 1. The van der Waals surface area contributed by atoms with Crippen molar-refractivity contribution in [2.75, 3.05) is 19.6 Å². The van der Waals surface area contributed by atoms with Gasteiger partial charge in [-0.25, -0.2) is 9.67 Å². The van der Waals surface area contributed by atoms with Crippen LogP contribution in [-0.2, 0) is 6.18 Å². The second-order valence-corrected chi connectivity index (χ2v) is 9.00. The zero-order valence-corrected chi connectivity index (χ0v) is 19.1. The van der Waals surface area contributed by atoms with Crippen LogP contribution in [0, 0.1) is 0 Å². The molecule has 0 aliphatic carbocycles. The van der Waals surface area contributed by atoms with Gasteiger partial charge in [0, 0.05) is 30.2 Å². The van der Waals surface area contributed by atoms with Gasteiger partial charge in [0.25, 0.3) is 11.8 Å². The van der Waals surface area contributed by atoms with Crippen LogP contribution < -0.4 is 0 Å². The Balaban J connectivity index is 1.49. The molecule has 0 saturated carbocycles. The first-order chi connectivity index (χ1) is 16.0. The molecule has 4 rings (SSSR count). The molecule has 1 saturated heterocycles. The van der Waals surface area contributed by atoms with Gasteiger partial charge in [-0.05, 0) is 50.2 Å². The van der Waals surface area contributed by atoms with E-state index in [4.69, 9.17) is 11.6 Å². The van der Waals surface area contributed by atoms with Crippen LogP contribution in [0.1, 0.15) is 40.4 Å². The second kappa shape index (κ2) is 8.75. The molecule has 1 aromatic heterocycles. The van der Waals surface area contributed by atoms with Gasteiger partial charge < -0.3 is 9.80 Å². The molecule has 2 heterocycles. The maximum Gasteiger partial charge on any atom is 0.416 e. The smallest absolute Gasteiger partial charge is 0.335 e. The van der Waals surface area contributed by atoms with E-state index < -0.39 is 29.1 Å². The molecule has 7 nitrogen and oxygen atoms in total. The molecule has 0 N–H and O–H groups in total. The molecule has 2 aromatic carbocycles. The molecule has 0 atom stereocenters. The Kier molecular flexibility index (Phi) is 6.11. The highest BCUT2D eigenvalue weighted by molar-refractivity contribution is 6.30. The molecule has 0 radical (unpaired) electrons. The minimum Gasteiger partial charge on any atom is -0.335 e. The van der Waals surface area contributed by atoms with Gasteiger partial charge >= 0.3 is 6.18 Å². The Morgan fingerprint density at radius 1 is 1.03 bits per heavy atom. The molecule has 2 amide bonds. The molecule has 1 aliphatic rings. The van der Waals surface area contributed by atoms with Crippen LogP contribution in [0.15, 0.2) is 54.9 Å². The van der Waals surface area contributed by atoms with E-state index in [2.05, 4.69) is 10.1 Å². The van der Waals surface area contributed by atoms with Crippen LogP contribution in [0.2, 0.25) is 5.02 Å². The van der Waals surface area contributed by atoms with Crippen molar-refractivity contribution in [1.29, 1.82) is 0 Å². The zero-order valence-electron chi connectivity index (χ0n) is 18.4. The average Bonchev–Trinajstić information content (AvgIpc) is 3.27. The highest BCUT2D eigenvalue weighted by atomic mass is 35.5. The van der Waals surface area contributed by atoms with Gasteiger partial charge in [-0.2, -0.15) is 13.2 Å². The van der Waals surface area contributed by atoms with Crippen molar-refractivity contribution in [3.63, 3.8) is 0 Å². The van der Waals surface area contributed by atoms with Gasteiger partial charge in [-0.1, -0.05) is 23.7 Å². The fourth-order valence-corrected chi connectivity index (χ4v) is 4.13. The zero-order chi connectivity index (χ0) is 24.7. The van der Waals surface area contributed by atoms with Crippen LogP contribution in [0.3, 0.4) is 0 Å². The van der Waals surface area contributed by atoms with E-state index >= 15 is 0 Å². The van der Waals surface area contributed by atoms with Crippen molar-refractivity contribution in [2.45, 2.75) is 25.6 Å². The van der Waals surface area contributed by atoms with Crippen molar-refractivity contribution >= 4 is 23.4 Å². The first-order valence-electron chi connectivity index (χ1n) is 10.4. The number of carbonyl (C=O) groups is 2. The normalized spacial score (nSPS) is 15.9. The van der Waals surface area contributed by atoms with Crippen molar-refractivity contribution < 1.29 is 22.8 Å². The molecule has 1 aliphatic heterocycles. The quantitative estimate of drug-likeness (QED) is 0.547. The summed E-state index contributed by atoms with van der Waals surface area (Å²) in [6.07, 6.45) is -3.12. The van der Waals surface area contributed by atoms with Crippen LogP contribution in [-0.4, -0.2) is 61.6 Å². The molecule has 3 aromatic rings. The fourth-order valence-electron chi connectivity index (χ4n) is 3.94. The Bertz CT molecular complexity index is 1240. The molecule has 34 heavy (non-hydrogen) atoms. The lowest BCUT2D eigenvalue weighted by atomic mass is 9.97. The molecular formula is C23H21ClF3N5O2. The number of amides is 2. The lowest BCUT2D eigenvalue weighted by Gasteiger charge is -2.46. The van der Waals surface area contributed by atoms with Crippen LogP contribution >= 0.6 is 11.6 Å². The number of hydrogen-bond donors (Lipinski definition) is 0. The minimum absolute atomic E-state index is 0.00861. The monoisotopic (exact) mass is 491 g/mol. The summed E-state index contributed by atoms with van der Waals surface area (Å²) in [6.45, 7) is 4.05. The largest absolute Gasteiger partial charge is 0.416 e. The highest BCUT2D eigenvalue weighted by Crippen LogP contribution is 2.30. The van der Waals surface area contributed by atoms with Crippen LogP contribution in [0.4, 0.5) is 13.2 Å². The first kappa shape index (κ1) is 23.7. The third-order valence-corrected chi connectivity index (χ3v) is 5.86.